The minimum atomic E-state index is -5.55. The van der Waals surface area contributed by atoms with Crippen molar-refractivity contribution >= 4 is 22.7 Å². The number of carbonyl (C=O) groups is 2. The van der Waals surface area contributed by atoms with E-state index in [-0.39, 0.29) is 28.7 Å². The zero-order valence-electron chi connectivity index (χ0n) is 24.8. The van der Waals surface area contributed by atoms with Crippen LogP contribution in [0.2, 0.25) is 0 Å². The first-order valence-corrected chi connectivity index (χ1v) is 14.4. The summed E-state index contributed by atoms with van der Waals surface area (Å²) in [6.07, 6.45) is -7.79. The molecule has 3 heterocycles. The number of halogens is 7. The maximum atomic E-state index is 14.8. The molecule has 2 atom stereocenters. The maximum absolute atomic E-state index is 14.8. The molecule has 1 aliphatic heterocycles. The summed E-state index contributed by atoms with van der Waals surface area (Å²) in [6, 6.07) is 8.18. The maximum Gasteiger partial charge on any atom is 0.424 e. The number of alkyl halides is 6. The van der Waals surface area contributed by atoms with Crippen molar-refractivity contribution in [2.45, 2.75) is 49.2 Å². The topological polar surface area (TPSA) is 137 Å². The Morgan fingerprint density at radius 2 is 1.83 bits per heavy atom. The highest BCUT2D eigenvalue weighted by Gasteiger charge is 2.58. The number of hydrogen-bond donors (Lipinski definition) is 3. The van der Waals surface area contributed by atoms with E-state index in [1.807, 2.05) is 0 Å². The predicted octanol–water partition coefficient (Wildman–Crippen LogP) is 5.31. The molecule has 1 saturated carbocycles. The molecule has 1 fully saturated rings. The molecule has 1 aliphatic carbocycles. The number of nitrogens with two attached hydrogens (primary N) is 1. The molecule has 0 bridgehead atoms. The summed E-state index contributed by atoms with van der Waals surface area (Å²) >= 11 is 0. The van der Waals surface area contributed by atoms with Gasteiger partial charge in [0.15, 0.2) is 0 Å². The predicted molar refractivity (Wildman–Crippen MR) is 154 cm³/mol. The number of fused-ring (bicyclic) bond motifs is 2. The van der Waals surface area contributed by atoms with Gasteiger partial charge in [0.25, 0.3) is 5.91 Å². The van der Waals surface area contributed by atoms with Gasteiger partial charge in [-0.2, -0.15) is 26.3 Å². The summed E-state index contributed by atoms with van der Waals surface area (Å²) in [5, 5.41) is 13.8. The van der Waals surface area contributed by atoms with E-state index in [4.69, 9.17) is 15.2 Å². The fourth-order valence-electron chi connectivity index (χ4n) is 5.28. The summed E-state index contributed by atoms with van der Waals surface area (Å²) in [6.45, 7) is -0.812. The van der Waals surface area contributed by atoms with Crippen LogP contribution >= 0.6 is 0 Å². The van der Waals surface area contributed by atoms with Crippen molar-refractivity contribution in [3.8, 4) is 22.8 Å². The third-order valence-corrected chi connectivity index (χ3v) is 8.31. The highest BCUT2D eigenvalue weighted by atomic mass is 19.4. The molecule has 6 rings (SSSR count). The molecule has 48 heavy (non-hydrogen) atoms. The number of amides is 2. The van der Waals surface area contributed by atoms with Gasteiger partial charge >= 0.3 is 12.4 Å². The second-order valence-corrected chi connectivity index (χ2v) is 11.8. The molecule has 0 radical (unpaired) electrons. The lowest BCUT2D eigenvalue weighted by molar-refractivity contribution is -0.265. The Kier molecular flexibility index (Phi) is 7.76. The molecule has 2 aliphatic rings. The summed E-state index contributed by atoms with van der Waals surface area (Å²) in [5.74, 6) is -3.91. The smallest absolute Gasteiger partial charge is 0.424 e. The number of primary amides is 1. The number of ether oxygens (including phenoxy) is 2. The molecular formula is C32H25F7N4O5. The van der Waals surface area contributed by atoms with Crippen LogP contribution in [0.25, 0.3) is 22.2 Å². The lowest BCUT2D eigenvalue weighted by Gasteiger charge is -2.31. The zero-order chi connectivity index (χ0) is 34.8. The lowest BCUT2D eigenvalue weighted by Crippen LogP contribution is -2.51. The van der Waals surface area contributed by atoms with Gasteiger partial charge in [-0.3, -0.25) is 14.6 Å². The second kappa shape index (κ2) is 11.3. The van der Waals surface area contributed by atoms with E-state index in [0.29, 0.717) is 29.1 Å². The minimum Gasteiger partial charge on any atom is -0.489 e. The number of nitrogens with zero attached hydrogens (tertiary/aromatic N) is 2. The van der Waals surface area contributed by atoms with Crippen LogP contribution in [0.5, 0.6) is 11.5 Å². The molecule has 252 valence electrons. The van der Waals surface area contributed by atoms with Crippen LogP contribution in [0.15, 0.2) is 54.7 Å². The molecular weight excluding hydrogens is 653 g/mol. The Bertz CT molecular complexity index is 1960. The highest BCUT2D eigenvalue weighted by Crippen LogP contribution is 2.48. The summed E-state index contributed by atoms with van der Waals surface area (Å²) in [4.78, 5) is 33.8. The molecule has 16 heteroatoms. The molecule has 1 unspecified atom stereocenters. The Labute approximate surface area is 266 Å². The first-order valence-electron chi connectivity index (χ1n) is 14.4. The van der Waals surface area contributed by atoms with Crippen molar-refractivity contribution in [1.29, 1.82) is 0 Å². The van der Waals surface area contributed by atoms with Gasteiger partial charge < -0.3 is 25.6 Å². The van der Waals surface area contributed by atoms with Crippen LogP contribution in [0, 0.1) is 5.82 Å². The van der Waals surface area contributed by atoms with Gasteiger partial charge in [-0.1, -0.05) is 6.07 Å². The number of carbonyl (C=O) groups excluding carboxylic acids is 2. The summed E-state index contributed by atoms with van der Waals surface area (Å²) in [5.41, 5.74) is -4.36. The van der Waals surface area contributed by atoms with Gasteiger partial charge in [0.05, 0.1) is 23.9 Å². The molecule has 4 N–H and O–H groups in total. The standard InChI is InChI=1S/C32H25F7N4O5/c1-29(28(40)45)14-47-26-20(29)12-23(43-25(26)16-4-7-21(33)19(10-16)31(34,35)36)30(46,32(37,38)39)13-42-27(44)17-9-15-3-2-8-41-24(15)22(11-17)48-18-5-6-18/h2-4,7-12,18,46H,5-6,13-14H2,1H3,(H2,40,45)(H,42,44)/t29-,30?/m0/s1. The highest BCUT2D eigenvalue weighted by molar-refractivity contribution is 6.00. The lowest BCUT2D eigenvalue weighted by atomic mass is 9.81. The van der Waals surface area contributed by atoms with Gasteiger partial charge in [0.1, 0.15) is 40.5 Å². The van der Waals surface area contributed by atoms with Crippen molar-refractivity contribution in [2.24, 2.45) is 5.73 Å². The SMILES string of the molecule is C[C@]1(C(N)=O)COc2c1cc(C(O)(CNC(=O)c1cc(OC3CC3)c3ncccc3c1)C(F)(F)F)nc2-c1ccc(F)c(C(F)(F)F)c1. The van der Waals surface area contributed by atoms with Crippen molar-refractivity contribution in [3.05, 3.63) is 82.9 Å². The number of benzene rings is 2. The number of aliphatic hydroxyl groups is 1. The molecule has 4 aromatic rings. The van der Waals surface area contributed by atoms with Gasteiger partial charge in [-0.15, -0.1) is 0 Å². The van der Waals surface area contributed by atoms with Crippen LogP contribution in [0.1, 0.15) is 46.9 Å². The number of hydrogen-bond acceptors (Lipinski definition) is 7. The number of aromatic nitrogens is 2. The second-order valence-electron chi connectivity index (χ2n) is 11.8. The monoisotopic (exact) mass is 678 g/mol. The molecule has 2 aromatic carbocycles. The van der Waals surface area contributed by atoms with E-state index in [1.54, 1.807) is 12.1 Å². The van der Waals surface area contributed by atoms with E-state index < -0.39 is 76.7 Å². The fourth-order valence-corrected chi connectivity index (χ4v) is 5.28. The normalized spacial score (nSPS) is 18.9. The minimum absolute atomic E-state index is 0.104. The number of pyridine rings is 2. The van der Waals surface area contributed by atoms with Gasteiger partial charge in [0, 0.05) is 28.3 Å². The van der Waals surface area contributed by atoms with Crippen molar-refractivity contribution < 1.29 is 54.9 Å². The van der Waals surface area contributed by atoms with E-state index in [2.05, 4.69) is 15.3 Å². The molecule has 2 amide bonds. The van der Waals surface area contributed by atoms with Crippen LogP contribution < -0.4 is 20.5 Å². The molecule has 9 nitrogen and oxygen atoms in total. The van der Waals surface area contributed by atoms with E-state index >= 15 is 0 Å². The number of nitrogens with one attached hydrogen (secondary N) is 1. The molecule has 0 spiro atoms. The van der Waals surface area contributed by atoms with Crippen LogP contribution in [-0.2, 0) is 22.0 Å². The third-order valence-electron chi connectivity index (χ3n) is 8.31. The summed E-state index contributed by atoms with van der Waals surface area (Å²) < 4.78 is 111. The fraction of sp³-hybridized carbons (Fsp3) is 0.312. The first-order chi connectivity index (χ1) is 22.4. The average molecular weight is 679 g/mol. The van der Waals surface area contributed by atoms with Crippen LogP contribution in [0.3, 0.4) is 0 Å². The Morgan fingerprint density at radius 3 is 2.48 bits per heavy atom. The van der Waals surface area contributed by atoms with E-state index in [1.165, 1.54) is 25.3 Å². The quantitative estimate of drug-likeness (QED) is 0.215. The van der Waals surface area contributed by atoms with Gasteiger partial charge in [-0.05, 0) is 62.2 Å². The largest absolute Gasteiger partial charge is 0.489 e. The first kappa shape index (κ1) is 32.9. The van der Waals surface area contributed by atoms with Gasteiger partial charge in [-0.25, -0.2) is 9.37 Å². The van der Waals surface area contributed by atoms with E-state index in [0.717, 1.165) is 18.9 Å². The van der Waals surface area contributed by atoms with Gasteiger partial charge in [0.2, 0.25) is 11.5 Å². The zero-order valence-corrected chi connectivity index (χ0v) is 24.8. The van der Waals surface area contributed by atoms with E-state index in [9.17, 15) is 45.4 Å². The van der Waals surface area contributed by atoms with Crippen LogP contribution in [0.4, 0.5) is 30.7 Å². The average Bonchev–Trinajstić information content (AvgIpc) is 3.78. The Hall–Kier alpha value is -4.99. The Morgan fingerprint density at radius 1 is 1.10 bits per heavy atom. The van der Waals surface area contributed by atoms with Crippen molar-refractivity contribution in [2.75, 3.05) is 13.2 Å². The molecule has 0 saturated heterocycles. The van der Waals surface area contributed by atoms with Crippen molar-refractivity contribution in [3.63, 3.8) is 0 Å². The summed E-state index contributed by atoms with van der Waals surface area (Å²) in [7, 11) is 0. The van der Waals surface area contributed by atoms with Crippen LogP contribution in [-0.4, -0.2) is 52.3 Å². The van der Waals surface area contributed by atoms with Crippen molar-refractivity contribution in [1.82, 2.24) is 15.3 Å². The Balaban J connectivity index is 1.44. The number of rotatable bonds is 8. The molecule has 2 aromatic heterocycles. The third kappa shape index (κ3) is 5.73.